The smallest absolute Gasteiger partial charge is 0.255 e. The van der Waals surface area contributed by atoms with E-state index in [4.69, 9.17) is 16.2 Å². The van der Waals surface area contributed by atoms with Crippen LogP contribution in [0.1, 0.15) is 49.0 Å². The minimum Gasteiger partial charge on any atom is -0.492 e. The fraction of sp³-hybridized carbons (Fsp3) is 0.375. The van der Waals surface area contributed by atoms with Crippen LogP contribution in [0, 0.1) is 5.41 Å². The molecule has 0 spiro atoms. The molecule has 1 saturated carbocycles. The topological polar surface area (TPSA) is 116 Å². The van der Waals surface area contributed by atoms with Crippen LogP contribution < -0.4 is 16.8 Å². The summed E-state index contributed by atoms with van der Waals surface area (Å²) in [6.07, 6.45) is 12.4. The van der Waals surface area contributed by atoms with Crippen molar-refractivity contribution in [2.24, 2.45) is 16.1 Å². The molecule has 2 atom stereocenters. The first-order valence-corrected chi connectivity index (χ1v) is 10.3. The van der Waals surface area contributed by atoms with E-state index in [1.54, 1.807) is 31.6 Å². The lowest BCUT2D eigenvalue weighted by molar-refractivity contribution is 0.0621. The van der Waals surface area contributed by atoms with E-state index >= 15 is 0 Å². The largest absolute Gasteiger partial charge is 0.492 e. The molecule has 1 heterocycles. The Labute approximate surface area is 184 Å². The van der Waals surface area contributed by atoms with Gasteiger partial charge in [0, 0.05) is 42.2 Å². The SMILES string of the molecule is C=C/C=C(\O[C@H]1CCC[C@@H]1NC(=O)c1cc(C(C=NC)=CN)cnc1N)C(C)(C)C=C. The van der Waals surface area contributed by atoms with Gasteiger partial charge in [-0.2, -0.15) is 0 Å². The summed E-state index contributed by atoms with van der Waals surface area (Å²) in [6.45, 7) is 11.7. The molecule has 0 bridgehead atoms. The fourth-order valence-corrected chi connectivity index (χ4v) is 3.42. The third-order valence-electron chi connectivity index (χ3n) is 5.41. The lowest BCUT2D eigenvalue weighted by atomic mass is 9.90. The average molecular weight is 424 g/mol. The first-order chi connectivity index (χ1) is 14.8. The molecule has 0 radical (unpaired) electrons. The van der Waals surface area contributed by atoms with E-state index < -0.39 is 0 Å². The van der Waals surface area contributed by atoms with Gasteiger partial charge in [0.25, 0.3) is 5.91 Å². The molecule has 7 nitrogen and oxygen atoms in total. The summed E-state index contributed by atoms with van der Waals surface area (Å²) in [5.74, 6) is 0.624. The molecule has 0 saturated heterocycles. The number of allylic oxidation sites excluding steroid dienone is 4. The molecule has 7 heteroatoms. The van der Waals surface area contributed by atoms with Crippen LogP contribution in [-0.4, -0.2) is 36.3 Å². The van der Waals surface area contributed by atoms with Gasteiger partial charge in [-0.3, -0.25) is 9.79 Å². The number of hydrogen-bond acceptors (Lipinski definition) is 6. The second-order valence-electron chi connectivity index (χ2n) is 8.03. The molecule has 166 valence electrons. The average Bonchev–Trinajstić information content (AvgIpc) is 3.18. The molecule has 0 aromatic carbocycles. The summed E-state index contributed by atoms with van der Waals surface area (Å²) < 4.78 is 6.31. The maximum atomic E-state index is 13.0. The molecule has 1 aromatic rings. The monoisotopic (exact) mass is 423 g/mol. The number of carbonyl (C=O) groups is 1. The maximum absolute atomic E-state index is 13.0. The number of hydrogen-bond donors (Lipinski definition) is 3. The van der Waals surface area contributed by atoms with Gasteiger partial charge in [-0.1, -0.05) is 18.7 Å². The third-order valence-corrected chi connectivity index (χ3v) is 5.41. The van der Waals surface area contributed by atoms with Crippen molar-refractivity contribution >= 4 is 23.5 Å². The fourth-order valence-electron chi connectivity index (χ4n) is 3.42. The first kappa shape index (κ1) is 23.9. The normalized spacial score (nSPS) is 20.0. The third kappa shape index (κ3) is 5.84. The predicted octanol–water partition coefficient (Wildman–Crippen LogP) is 3.61. The van der Waals surface area contributed by atoms with E-state index in [-0.39, 0.29) is 29.3 Å². The van der Waals surface area contributed by atoms with Gasteiger partial charge in [0.2, 0.25) is 0 Å². The Kier molecular flexibility index (Phi) is 8.19. The van der Waals surface area contributed by atoms with Gasteiger partial charge < -0.3 is 21.5 Å². The molecule has 1 amide bonds. The summed E-state index contributed by atoms with van der Waals surface area (Å²) in [4.78, 5) is 21.2. The highest BCUT2D eigenvalue weighted by Gasteiger charge is 2.34. The number of rotatable bonds is 9. The van der Waals surface area contributed by atoms with Crippen molar-refractivity contribution in [3.8, 4) is 0 Å². The summed E-state index contributed by atoms with van der Waals surface area (Å²) in [5, 5.41) is 3.07. The first-order valence-electron chi connectivity index (χ1n) is 10.3. The number of pyridine rings is 1. The highest BCUT2D eigenvalue weighted by molar-refractivity contribution is 6.10. The van der Waals surface area contributed by atoms with Crippen LogP contribution in [-0.2, 0) is 4.74 Å². The second-order valence-corrected chi connectivity index (χ2v) is 8.03. The van der Waals surface area contributed by atoms with Crippen molar-refractivity contribution in [3.05, 3.63) is 66.7 Å². The van der Waals surface area contributed by atoms with E-state index in [0.717, 1.165) is 25.0 Å². The molecular weight excluding hydrogens is 390 g/mol. The van der Waals surface area contributed by atoms with Crippen molar-refractivity contribution in [2.75, 3.05) is 12.8 Å². The van der Waals surface area contributed by atoms with Crippen LogP contribution in [0.3, 0.4) is 0 Å². The number of anilines is 1. The van der Waals surface area contributed by atoms with Crippen LogP contribution in [0.15, 0.2) is 60.6 Å². The van der Waals surface area contributed by atoms with Gasteiger partial charge in [0.15, 0.2) is 0 Å². The summed E-state index contributed by atoms with van der Waals surface area (Å²) >= 11 is 0. The van der Waals surface area contributed by atoms with Crippen LogP contribution in [0.4, 0.5) is 5.82 Å². The Balaban J connectivity index is 2.22. The molecule has 5 N–H and O–H groups in total. The predicted molar refractivity (Wildman–Crippen MR) is 127 cm³/mol. The Morgan fingerprint density at radius 2 is 2.13 bits per heavy atom. The number of amides is 1. The number of nitrogens with one attached hydrogen (secondary N) is 1. The Morgan fingerprint density at radius 1 is 1.39 bits per heavy atom. The van der Waals surface area contributed by atoms with Gasteiger partial charge in [0.1, 0.15) is 17.7 Å². The summed E-state index contributed by atoms with van der Waals surface area (Å²) in [7, 11) is 1.64. The zero-order chi connectivity index (χ0) is 23.0. The molecule has 1 aliphatic rings. The molecular formula is C24H33N5O2. The van der Waals surface area contributed by atoms with Gasteiger partial charge in [-0.05, 0) is 45.3 Å². The van der Waals surface area contributed by atoms with Crippen molar-refractivity contribution in [3.63, 3.8) is 0 Å². The van der Waals surface area contributed by atoms with Crippen molar-refractivity contribution in [1.82, 2.24) is 10.3 Å². The van der Waals surface area contributed by atoms with Crippen LogP contribution in [0.5, 0.6) is 0 Å². The molecule has 1 fully saturated rings. The lowest BCUT2D eigenvalue weighted by Gasteiger charge is -2.30. The lowest BCUT2D eigenvalue weighted by Crippen LogP contribution is -2.42. The molecule has 1 aromatic heterocycles. The van der Waals surface area contributed by atoms with Gasteiger partial charge in [-0.25, -0.2) is 4.98 Å². The standard InChI is InChI=1S/C24H33N5O2/c1-6-9-21(24(3,4)7-2)31-20-11-8-10-19(20)29-23(30)18-12-16(15-28-22(18)26)17(13-25)14-27-5/h6-7,9,12-15,19-20H,1-2,8,10-11,25H2,3-5H3,(H2,26,28)(H,29,30)/b17-13?,21-9-,27-14?/t19-,20-/m0/s1. The highest BCUT2D eigenvalue weighted by atomic mass is 16.5. The number of aliphatic imine (C=N–C) groups is 1. The van der Waals surface area contributed by atoms with Gasteiger partial charge in [0.05, 0.1) is 11.6 Å². The number of aromatic nitrogens is 1. The van der Waals surface area contributed by atoms with E-state index in [2.05, 4.69) is 28.5 Å². The quantitative estimate of drug-likeness (QED) is 0.243. The van der Waals surface area contributed by atoms with Gasteiger partial charge >= 0.3 is 0 Å². The zero-order valence-corrected chi connectivity index (χ0v) is 18.6. The minimum absolute atomic E-state index is 0.147. The number of nitrogen functional groups attached to an aromatic ring is 1. The van der Waals surface area contributed by atoms with Crippen LogP contribution >= 0.6 is 0 Å². The maximum Gasteiger partial charge on any atom is 0.255 e. The Morgan fingerprint density at radius 3 is 2.74 bits per heavy atom. The summed E-state index contributed by atoms with van der Waals surface area (Å²) in [6, 6.07) is 1.53. The molecule has 31 heavy (non-hydrogen) atoms. The number of nitrogens with zero attached hydrogens (tertiary/aromatic N) is 2. The van der Waals surface area contributed by atoms with Crippen molar-refractivity contribution < 1.29 is 9.53 Å². The van der Waals surface area contributed by atoms with E-state index in [1.165, 1.54) is 6.20 Å². The Hall–Kier alpha value is -3.35. The van der Waals surface area contributed by atoms with E-state index in [9.17, 15) is 4.79 Å². The number of nitrogens with two attached hydrogens (primary N) is 2. The van der Waals surface area contributed by atoms with Crippen molar-refractivity contribution in [1.29, 1.82) is 0 Å². The number of ether oxygens (including phenoxy) is 1. The van der Waals surface area contributed by atoms with E-state index in [0.29, 0.717) is 16.7 Å². The zero-order valence-electron chi connectivity index (χ0n) is 18.6. The highest BCUT2D eigenvalue weighted by Crippen LogP contribution is 2.33. The number of carbonyl (C=O) groups excluding carboxylic acids is 1. The molecule has 0 aliphatic heterocycles. The second kappa shape index (κ2) is 10.6. The van der Waals surface area contributed by atoms with Crippen LogP contribution in [0.25, 0.3) is 5.57 Å². The molecule has 0 unspecified atom stereocenters. The summed E-state index contributed by atoms with van der Waals surface area (Å²) in [5.41, 5.74) is 12.9. The van der Waals surface area contributed by atoms with Crippen molar-refractivity contribution in [2.45, 2.75) is 45.3 Å². The van der Waals surface area contributed by atoms with Crippen LogP contribution in [0.2, 0.25) is 0 Å². The molecule has 1 aliphatic carbocycles. The molecule has 2 rings (SSSR count). The minimum atomic E-state index is -0.347. The Bertz CT molecular complexity index is 915. The van der Waals surface area contributed by atoms with E-state index in [1.807, 2.05) is 26.0 Å². The van der Waals surface area contributed by atoms with Gasteiger partial charge in [-0.15, -0.1) is 6.58 Å².